The lowest BCUT2D eigenvalue weighted by molar-refractivity contribution is 0.326. The van der Waals surface area contributed by atoms with E-state index in [1.165, 1.54) is 77.0 Å². The summed E-state index contributed by atoms with van der Waals surface area (Å²) in [6.07, 6.45) is 23.3. The van der Waals surface area contributed by atoms with Crippen molar-refractivity contribution in [3.63, 3.8) is 0 Å². The van der Waals surface area contributed by atoms with Crippen molar-refractivity contribution < 1.29 is 0 Å². The molecule has 130 valence electrons. The van der Waals surface area contributed by atoms with Crippen LogP contribution in [0.1, 0.15) is 104 Å². The average molecular weight is 307 g/mol. The Morgan fingerprint density at radius 3 is 1.77 bits per heavy atom. The molecule has 0 heteroatoms. The highest BCUT2D eigenvalue weighted by Crippen LogP contribution is 2.24. The van der Waals surface area contributed by atoms with E-state index in [2.05, 4.69) is 39.8 Å². The van der Waals surface area contributed by atoms with E-state index in [4.69, 9.17) is 0 Å². The SMILES string of the molecule is [CH2]CCCCCCC=CCCC(CCCCCC[CH2])C(C)C. The second kappa shape index (κ2) is 17.1. The normalized spacial score (nSPS) is 13.3. The Balaban J connectivity index is 3.59. The van der Waals surface area contributed by atoms with Gasteiger partial charge in [-0.1, -0.05) is 104 Å². The maximum atomic E-state index is 3.92. The zero-order chi connectivity index (χ0) is 16.5. The first-order chi connectivity index (χ1) is 10.7. The van der Waals surface area contributed by atoms with E-state index in [1.807, 2.05) is 0 Å². The van der Waals surface area contributed by atoms with Crippen LogP contribution in [0.3, 0.4) is 0 Å². The first-order valence-corrected chi connectivity index (χ1v) is 9.95. The van der Waals surface area contributed by atoms with Gasteiger partial charge in [-0.2, -0.15) is 0 Å². The van der Waals surface area contributed by atoms with Gasteiger partial charge in [0.05, 0.1) is 0 Å². The molecule has 0 aliphatic heterocycles. The van der Waals surface area contributed by atoms with Crippen molar-refractivity contribution in [3.8, 4) is 0 Å². The molecule has 0 aliphatic carbocycles. The summed E-state index contributed by atoms with van der Waals surface area (Å²) in [6, 6.07) is 0. The van der Waals surface area contributed by atoms with Gasteiger partial charge in [0.15, 0.2) is 0 Å². The highest BCUT2D eigenvalue weighted by Gasteiger charge is 2.11. The van der Waals surface area contributed by atoms with Gasteiger partial charge in [-0.05, 0) is 37.5 Å². The van der Waals surface area contributed by atoms with Crippen molar-refractivity contribution >= 4 is 0 Å². The van der Waals surface area contributed by atoms with Crippen LogP contribution in [0, 0.1) is 25.7 Å². The molecular weight excluding hydrogens is 264 g/mol. The number of allylic oxidation sites excluding steroid dienone is 2. The van der Waals surface area contributed by atoms with Gasteiger partial charge in [-0.25, -0.2) is 0 Å². The fraction of sp³-hybridized carbons (Fsp3) is 0.818. The number of rotatable bonds is 16. The van der Waals surface area contributed by atoms with Gasteiger partial charge in [0.2, 0.25) is 0 Å². The zero-order valence-corrected chi connectivity index (χ0v) is 15.6. The second-order valence-electron chi connectivity index (χ2n) is 7.17. The molecule has 1 unspecified atom stereocenters. The van der Waals surface area contributed by atoms with Crippen molar-refractivity contribution in [2.24, 2.45) is 11.8 Å². The summed E-state index contributed by atoms with van der Waals surface area (Å²) in [5.74, 6) is 1.75. The minimum absolute atomic E-state index is 0.837. The van der Waals surface area contributed by atoms with Crippen molar-refractivity contribution in [1.29, 1.82) is 0 Å². The van der Waals surface area contributed by atoms with Crippen molar-refractivity contribution in [1.82, 2.24) is 0 Å². The van der Waals surface area contributed by atoms with Crippen LogP contribution in [0.5, 0.6) is 0 Å². The minimum Gasteiger partial charge on any atom is -0.0885 e. The van der Waals surface area contributed by atoms with Crippen LogP contribution in [-0.4, -0.2) is 0 Å². The molecule has 1 atom stereocenters. The quantitative estimate of drug-likeness (QED) is 0.200. The van der Waals surface area contributed by atoms with E-state index in [0.29, 0.717) is 0 Å². The predicted molar refractivity (Wildman–Crippen MR) is 103 cm³/mol. The van der Waals surface area contributed by atoms with Gasteiger partial charge in [-0.15, -0.1) is 0 Å². The third-order valence-electron chi connectivity index (χ3n) is 4.76. The molecule has 0 saturated heterocycles. The zero-order valence-electron chi connectivity index (χ0n) is 15.6. The Kier molecular flexibility index (Phi) is 16.9. The van der Waals surface area contributed by atoms with Crippen LogP contribution in [0.4, 0.5) is 0 Å². The molecular formula is C22H42. The van der Waals surface area contributed by atoms with E-state index in [9.17, 15) is 0 Å². The summed E-state index contributed by atoms with van der Waals surface area (Å²) in [6.45, 7) is 12.6. The van der Waals surface area contributed by atoms with Gasteiger partial charge >= 0.3 is 0 Å². The molecule has 0 aromatic heterocycles. The molecule has 0 nitrogen and oxygen atoms in total. The maximum Gasteiger partial charge on any atom is -0.0348 e. The smallest absolute Gasteiger partial charge is 0.0348 e. The van der Waals surface area contributed by atoms with Crippen LogP contribution in [0.25, 0.3) is 0 Å². The average Bonchev–Trinajstić information content (AvgIpc) is 2.50. The Morgan fingerprint density at radius 1 is 0.636 bits per heavy atom. The minimum atomic E-state index is 0.837. The molecule has 0 spiro atoms. The number of hydrogen-bond donors (Lipinski definition) is 0. The van der Waals surface area contributed by atoms with Gasteiger partial charge in [0.25, 0.3) is 0 Å². The van der Waals surface area contributed by atoms with Crippen LogP contribution < -0.4 is 0 Å². The lowest BCUT2D eigenvalue weighted by Crippen LogP contribution is -2.08. The predicted octanol–water partition coefficient (Wildman–Crippen LogP) is 7.94. The molecule has 22 heavy (non-hydrogen) atoms. The molecule has 0 aromatic rings. The Bertz CT molecular complexity index is 226. The first-order valence-electron chi connectivity index (χ1n) is 9.95. The summed E-state index contributed by atoms with van der Waals surface area (Å²) in [7, 11) is 0. The summed E-state index contributed by atoms with van der Waals surface area (Å²) >= 11 is 0. The molecule has 0 saturated carbocycles. The fourth-order valence-corrected chi connectivity index (χ4v) is 3.09. The van der Waals surface area contributed by atoms with Crippen molar-refractivity contribution in [3.05, 3.63) is 26.0 Å². The summed E-state index contributed by atoms with van der Waals surface area (Å²) in [4.78, 5) is 0. The van der Waals surface area contributed by atoms with E-state index in [0.717, 1.165) is 24.7 Å². The maximum absolute atomic E-state index is 3.92. The first kappa shape index (κ1) is 21.7. The summed E-state index contributed by atoms with van der Waals surface area (Å²) in [5, 5.41) is 0. The molecule has 2 radical (unpaired) electrons. The molecule has 0 bridgehead atoms. The van der Waals surface area contributed by atoms with Crippen molar-refractivity contribution in [2.75, 3.05) is 0 Å². The van der Waals surface area contributed by atoms with E-state index in [1.54, 1.807) is 0 Å². The largest absolute Gasteiger partial charge is 0.0885 e. The third kappa shape index (κ3) is 14.7. The Hall–Kier alpha value is -0.260. The third-order valence-corrected chi connectivity index (χ3v) is 4.76. The molecule has 0 aliphatic rings. The molecule has 0 rings (SSSR count). The molecule has 0 N–H and O–H groups in total. The number of unbranched alkanes of at least 4 members (excludes halogenated alkanes) is 9. The number of hydrogen-bond acceptors (Lipinski definition) is 0. The van der Waals surface area contributed by atoms with Gasteiger partial charge in [0, 0.05) is 0 Å². The van der Waals surface area contributed by atoms with Crippen LogP contribution in [-0.2, 0) is 0 Å². The lowest BCUT2D eigenvalue weighted by atomic mass is 9.86. The highest BCUT2D eigenvalue weighted by molar-refractivity contribution is 4.82. The van der Waals surface area contributed by atoms with E-state index < -0.39 is 0 Å². The fourth-order valence-electron chi connectivity index (χ4n) is 3.09. The van der Waals surface area contributed by atoms with E-state index >= 15 is 0 Å². The summed E-state index contributed by atoms with van der Waals surface area (Å²) < 4.78 is 0. The monoisotopic (exact) mass is 306 g/mol. The standard InChI is InChI=1S/C22H42/c1-5-7-9-11-12-13-14-16-18-20-22(21(3)4)19-17-15-10-8-6-2/h14,16,21-22H,1-2,5-13,15,17-20H2,3-4H3. The van der Waals surface area contributed by atoms with Crippen LogP contribution in [0.2, 0.25) is 0 Å². The topological polar surface area (TPSA) is 0 Å². The molecule has 0 fully saturated rings. The van der Waals surface area contributed by atoms with Gasteiger partial charge in [-0.3, -0.25) is 0 Å². The van der Waals surface area contributed by atoms with Crippen molar-refractivity contribution in [2.45, 2.75) is 104 Å². The Morgan fingerprint density at radius 2 is 1.18 bits per heavy atom. The van der Waals surface area contributed by atoms with E-state index in [-0.39, 0.29) is 0 Å². The van der Waals surface area contributed by atoms with Gasteiger partial charge < -0.3 is 0 Å². The molecule has 0 amide bonds. The lowest BCUT2D eigenvalue weighted by Gasteiger charge is -2.20. The van der Waals surface area contributed by atoms with Gasteiger partial charge in [0.1, 0.15) is 0 Å². The second-order valence-corrected chi connectivity index (χ2v) is 7.17. The summed E-state index contributed by atoms with van der Waals surface area (Å²) in [5.41, 5.74) is 0. The highest BCUT2D eigenvalue weighted by atomic mass is 14.2. The Labute approximate surface area is 142 Å². The molecule has 0 aromatic carbocycles. The van der Waals surface area contributed by atoms with Crippen LogP contribution in [0.15, 0.2) is 12.2 Å². The molecule has 0 heterocycles. The van der Waals surface area contributed by atoms with Crippen LogP contribution >= 0.6 is 0 Å².